The number of carbonyl (C=O) groups is 1. The molecule has 0 radical (unpaired) electrons. The summed E-state index contributed by atoms with van der Waals surface area (Å²) in [6.07, 6.45) is 5.48. The van der Waals surface area contributed by atoms with E-state index in [0.29, 0.717) is 0 Å². The molecule has 1 saturated heterocycles. The van der Waals surface area contributed by atoms with Crippen molar-refractivity contribution in [3.05, 3.63) is 56.7 Å². The van der Waals surface area contributed by atoms with Gasteiger partial charge in [-0.25, -0.2) is 4.98 Å². The Hall–Kier alpha value is -1.69. The predicted octanol–water partition coefficient (Wildman–Crippen LogP) is 5.39. The normalized spacial score (nSPS) is 18.0. The molecule has 1 aliphatic rings. The lowest BCUT2D eigenvalue weighted by atomic mass is 10.2. The second-order valence-corrected chi connectivity index (χ2v) is 8.49. The molecule has 1 fully saturated rings. The van der Waals surface area contributed by atoms with Crippen LogP contribution in [0.3, 0.4) is 0 Å². The summed E-state index contributed by atoms with van der Waals surface area (Å²) in [5.74, 6) is 0.0429. The third-order valence-electron chi connectivity index (χ3n) is 4.12. The van der Waals surface area contributed by atoms with Crippen LogP contribution in [0.5, 0.6) is 0 Å². The van der Waals surface area contributed by atoms with Gasteiger partial charge < -0.3 is 4.90 Å². The second-order valence-electron chi connectivity index (χ2n) is 5.68. The van der Waals surface area contributed by atoms with Crippen LogP contribution >= 0.6 is 34.3 Å². The largest absolute Gasteiger partial charge is 0.330 e. The van der Waals surface area contributed by atoms with Crippen molar-refractivity contribution in [1.82, 2.24) is 9.88 Å². The molecule has 1 atom stereocenters. The number of thiophene rings is 1. The Morgan fingerprint density at radius 1 is 1.25 bits per heavy atom. The minimum Gasteiger partial charge on any atom is -0.330 e. The lowest BCUT2D eigenvalue weighted by Crippen LogP contribution is -2.28. The first kappa shape index (κ1) is 15.8. The van der Waals surface area contributed by atoms with Crippen LogP contribution in [0.25, 0.3) is 16.3 Å². The minimum absolute atomic E-state index is 0.0429. The van der Waals surface area contributed by atoms with Crippen molar-refractivity contribution in [2.75, 3.05) is 6.54 Å². The fourth-order valence-electron chi connectivity index (χ4n) is 2.99. The van der Waals surface area contributed by atoms with Crippen LogP contribution < -0.4 is 0 Å². The van der Waals surface area contributed by atoms with Gasteiger partial charge in [-0.1, -0.05) is 23.7 Å². The molecular weight excluding hydrogens is 360 g/mol. The minimum atomic E-state index is 0.0429. The van der Waals surface area contributed by atoms with Crippen LogP contribution in [0.4, 0.5) is 0 Å². The summed E-state index contributed by atoms with van der Waals surface area (Å²) in [5, 5.41) is 1.04. The lowest BCUT2D eigenvalue weighted by Gasteiger charge is -2.21. The van der Waals surface area contributed by atoms with E-state index in [4.69, 9.17) is 16.6 Å². The van der Waals surface area contributed by atoms with E-state index in [-0.39, 0.29) is 11.9 Å². The zero-order valence-corrected chi connectivity index (χ0v) is 15.2. The molecule has 6 heteroatoms. The van der Waals surface area contributed by atoms with Crippen molar-refractivity contribution in [1.29, 1.82) is 0 Å². The van der Waals surface area contributed by atoms with Crippen LogP contribution in [0.2, 0.25) is 4.34 Å². The maximum atomic E-state index is 12.6. The maximum Gasteiger partial charge on any atom is 0.247 e. The highest BCUT2D eigenvalue weighted by molar-refractivity contribution is 7.18. The average Bonchev–Trinajstić information content (AvgIpc) is 3.30. The number of thiazole rings is 1. The highest BCUT2D eigenvalue weighted by atomic mass is 35.5. The number of hydrogen-bond donors (Lipinski definition) is 0. The molecule has 0 saturated carbocycles. The molecule has 1 aromatic carbocycles. The average molecular weight is 375 g/mol. The number of hydrogen-bond acceptors (Lipinski definition) is 4. The molecule has 1 aliphatic heterocycles. The van der Waals surface area contributed by atoms with E-state index in [1.807, 2.05) is 41.3 Å². The lowest BCUT2D eigenvalue weighted by molar-refractivity contribution is -0.126. The third kappa shape index (κ3) is 3.11. The maximum absolute atomic E-state index is 12.6. The Bertz CT molecular complexity index is 882. The highest BCUT2D eigenvalue weighted by Crippen LogP contribution is 2.36. The first-order valence-electron chi connectivity index (χ1n) is 7.80. The summed E-state index contributed by atoms with van der Waals surface area (Å²) in [4.78, 5) is 20.3. The van der Waals surface area contributed by atoms with E-state index >= 15 is 0 Å². The molecule has 1 amide bonds. The Labute approximate surface area is 153 Å². The van der Waals surface area contributed by atoms with Crippen LogP contribution in [0.15, 0.2) is 42.5 Å². The molecule has 4 rings (SSSR count). The van der Waals surface area contributed by atoms with Crippen LogP contribution in [0, 0.1) is 0 Å². The number of rotatable bonds is 3. The number of aromatic nitrogens is 1. The zero-order chi connectivity index (χ0) is 16.5. The Morgan fingerprint density at radius 2 is 2.12 bits per heavy atom. The number of carbonyl (C=O) groups excluding carboxylic acids is 1. The second kappa shape index (κ2) is 6.67. The fourth-order valence-corrected chi connectivity index (χ4v) is 5.07. The number of para-hydroxylation sites is 1. The van der Waals surface area contributed by atoms with Gasteiger partial charge in [-0.3, -0.25) is 4.79 Å². The molecule has 2 aromatic heterocycles. The van der Waals surface area contributed by atoms with E-state index < -0.39 is 0 Å². The quantitative estimate of drug-likeness (QED) is 0.576. The molecule has 0 bridgehead atoms. The Morgan fingerprint density at radius 3 is 2.92 bits per heavy atom. The molecule has 3 aromatic rings. The molecular formula is C18H15ClN2OS2. The SMILES string of the molecule is O=C(/C=C/c1ccc(Cl)s1)N1CCCC1c1nc2ccccc2s1. The van der Waals surface area contributed by atoms with Gasteiger partial charge in [-0.05, 0) is 43.2 Å². The molecule has 0 aliphatic carbocycles. The third-order valence-corrected chi connectivity index (χ3v) is 6.45. The van der Waals surface area contributed by atoms with Gasteiger partial charge in [0, 0.05) is 17.5 Å². The Balaban J connectivity index is 1.55. The van der Waals surface area contributed by atoms with Gasteiger partial charge in [-0.15, -0.1) is 22.7 Å². The van der Waals surface area contributed by atoms with Crippen molar-refractivity contribution in [3.63, 3.8) is 0 Å². The van der Waals surface area contributed by atoms with Gasteiger partial charge in [0.2, 0.25) is 5.91 Å². The van der Waals surface area contributed by atoms with Gasteiger partial charge in [0.15, 0.2) is 0 Å². The van der Waals surface area contributed by atoms with Gasteiger partial charge in [-0.2, -0.15) is 0 Å². The van der Waals surface area contributed by atoms with Crippen molar-refractivity contribution < 1.29 is 4.79 Å². The summed E-state index contributed by atoms with van der Waals surface area (Å²) in [6.45, 7) is 0.787. The van der Waals surface area contributed by atoms with E-state index in [2.05, 4.69) is 6.07 Å². The topological polar surface area (TPSA) is 33.2 Å². The highest BCUT2D eigenvalue weighted by Gasteiger charge is 2.31. The monoisotopic (exact) mass is 374 g/mol. The zero-order valence-electron chi connectivity index (χ0n) is 12.8. The van der Waals surface area contributed by atoms with Crippen LogP contribution in [0.1, 0.15) is 28.8 Å². The van der Waals surface area contributed by atoms with Crippen LogP contribution in [-0.2, 0) is 4.79 Å². The van der Waals surface area contributed by atoms with Crippen molar-refractivity contribution in [2.45, 2.75) is 18.9 Å². The fraction of sp³-hybridized carbons (Fsp3) is 0.222. The van der Waals surface area contributed by atoms with E-state index in [0.717, 1.165) is 39.1 Å². The summed E-state index contributed by atoms with van der Waals surface area (Å²) in [7, 11) is 0. The summed E-state index contributed by atoms with van der Waals surface area (Å²) >= 11 is 9.09. The molecule has 0 spiro atoms. The van der Waals surface area contributed by atoms with Crippen molar-refractivity contribution in [2.24, 2.45) is 0 Å². The smallest absolute Gasteiger partial charge is 0.247 e. The number of fused-ring (bicyclic) bond motifs is 1. The van der Waals surface area contributed by atoms with Crippen molar-refractivity contribution >= 4 is 56.5 Å². The number of benzene rings is 1. The van der Waals surface area contributed by atoms with Crippen LogP contribution in [-0.4, -0.2) is 22.3 Å². The molecule has 0 N–H and O–H groups in total. The summed E-state index contributed by atoms with van der Waals surface area (Å²) < 4.78 is 1.91. The van der Waals surface area contributed by atoms with E-state index in [1.54, 1.807) is 17.4 Å². The predicted molar refractivity (Wildman–Crippen MR) is 102 cm³/mol. The molecule has 3 heterocycles. The number of nitrogens with zero attached hydrogens (tertiary/aromatic N) is 2. The standard InChI is InChI=1S/C18H15ClN2OS2/c19-16-9-7-12(23-16)8-10-17(22)21-11-3-5-14(21)18-20-13-4-1-2-6-15(13)24-18/h1-2,4,6-10,14H,3,5,11H2/b10-8+. The first-order chi connectivity index (χ1) is 11.7. The molecule has 1 unspecified atom stereocenters. The van der Waals surface area contributed by atoms with Gasteiger partial charge in [0.25, 0.3) is 0 Å². The molecule has 122 valence electrons. The summed E-state index contributed by atoms with van der Waals surface area (Å²) in [6, 6.07) is 12.0. The summed E-state index contributed by atoms with van der Waals surface area (Å²) in [5.41, 5.74) is 1.01. The van der Waals surface area contributed by atoms with Gasteiger partial charge >= 0.3 is 0 Å². The Kier molecular flexibility index (Phi) is 4.39. The number of likely N-dealkylation sites (tertiary alicyclic amines) is 1. The van der Waals surface area contributed by atoms with E-state index in [9.17, 15) is 4.79 Å². The number of halogens is 1. The molecule has 3 nitrogen and oxygen atoms in total. The van der Waals surface area contributed by atoms with Gasteiger partial charge in [0.1, 0.15) is 5.01 Å². The van der Waals surface area contributed by atoms with E-state index in [1.165, 1.54) is 16.0 Å². The van der Waals surface area contributed by atoms with Crippen molar-refractivity contribution in [3.8, 4) is 0 Å². The first-order valence-corrected chi connectivity index (χ1v) is 9.81. The molecule has 24 heavy (non-hydrogen) atoms. The number of amides is 1. The van der Waals surface area contributed by atoms with Gasteiger partial charge in [0.05, 0.1) is 20.6 Å².